The molecule has 1 aromatic carbocycles. The lowest BCUT2D eigenvalue weighted by molar-refractivity contribution is 0.134. The molecular weight excluding hydrogens is 222 g/mol. The van der Waals surface area contributed by atoms with Crippen molar-refractivity contribution < 1.29 is 4.74 Å². The van der Waals surface area contributed by atoms with Gasteiger partial charge in [0.1, 0.15) is 0 Å². The van der Waals surface area contributed by atoms with Crippen LogP contribution in [0.5, 0.6) is 0 Å². The van der Waals surface area contributed by atoms with Crippen molar-refractivity contribution in [3.05, 3.63) is 34.9 Å². The Morgan fingerprint density at radius 1 is 1.22 bits per heavy atom. The van der Waals surface area contributed by atoms with Gasteiger partial charge < -0.3 is 10.1 Å². The third kappa shape index (κ3) is 2.60. The summed E-state index contributed by atoms with van der Waals surface area (Å²) in [5.41, 5.74) is 4.45. The maximum Gasteiger partial charge on any atom is 0.0725 e. The van der Waals surface area contributed by atoms with Crippen molar-refractivity contribution in [1.82, 2.24) is 5.32 Å². The largest absolute Gasteiger partial charge is 0.372 e. The van der Waals surface area contributed by atoms with Crippen LogP contribution in [0.1, 0.15) is 49.8 Å². The summed E-state index contributed by atoms with van der Waals surface area (Å²) in [5, 5.41) is 3.61. The van der Waals surface area contributed by atoms with Gasteiger partial charge in [0.05, 0.1) is 13.2 Å². The first-order valence-corrected chi connectivity index (χ1v) is 7.08. The van der Waals surface area contributed by atoms with Crippen LogP contribution in [0.25, 0.3) is 0 Å². The molecule has 1 heterocycles. The normalized spacial score (nSPS) is 19.0. The lowest BCUT2D eigenvalue weighted by Crippen LogP contribution is -2.26. The number of ether oxygens (including phenoxy) is 1. The first-order valence-electron chi connectivity index (χ1n) is 7.08. The van der Waals surface area contributed by atoms with Crippen LogP contribution < -0.4 is 5.32 Å². The van der Waals surface area contributed by atoms with Crippen LogP contribution in [0, 0.1) is 0 Å². The lowest BCUT2D eigenvalue weighted by Gasteiger charge is -2.26. The molecule has 2 aliphatic rings. The van der Waals surface area contributed by atoms with E-state index < -0.39 is 0 Å². The van der Waals surface area contributed by atoms with Crippen LogP contribution in [0.3, 0.4) is 0 Å². The number of hydrogen-bond acceptors (Lipinski definition) is 2. The summed E-state index contributed by atoms with van der Waals surface area (Å²) >= 11 is 0. The summed E-state index contributed by atoms with van der Waals surface area (Å²) in [7, 11) is 0. The Labute approximate surface area is 110 Å². The number of nitrogens with one attached hydrogen (secondary N) is 1. The van der Waals surface area contributed by atoms with E-state index in [0.717, 1.165) is 25.8 Å². The fourth-order valence-corrected chi connectivity index (χ4v) is 2.61. The second-order valence-corrected chi connectivity index (χ2v) is 6.34. The zero-order chi connectivity index (χ0) is 12.6. The Kier molecular flexibility index (Phi) is 3.16. The minimum atomic E-state index is 0.250. The van der Waals surface area contributed by atoms with E-state index in [-0.39, 0.29) is 5.41 Å². The average Bonchev–Trinajstić information content (AvgIpc) is 3.04. The third-order valence-corrected chi connectivity index (χ3v) is 4.26. The fraction of sp³-hybridized carbons (Fsp3) is 0.625. The molecule has 2 nitrogen and oxygen atoms in total. The molecule has 1 saturated carbocycles. The molecule has 0 saturated heterocycles. The van der Waals surface area contributed by atoms with E-state index in [1.807, 2.05) is 0 Å². The maximum absolute atomic E-state index is 5.49. The fourth-order valence-electron chi connectivity index (χ4n) is 2.61. The van der Waals surface area contributed by atoms with Crippen LogP contribution in [-0.4, -0.2) is 12.6 Å². The Hall–Kier alpha value is -0.860. The van der Waals surface area contributed by atoms with Crippen molar-refractivity contribution in [2.45, 2.75) is 57.8 Å². The Balaban J connectivity index is 1.67. The SMILES string of the molecule is CC(C)(CCNC1CC1)c1ccc2c(c1)COC2. The molecule has 98 valence electrons. The van der Waals surface area contributed by atoms with Crippen molar-refractivity contribution in [3.8, 4) is 0 Å². The molecule has 18 heavy (non-hydrogen) atoms. The van der Waals surface area contributed by atoms with Gasteiger partial charge in [0.25, 0.3) is 0 Å². The van der Waals surface area contributed by atoms with Crippen molar-refractivity contribution in [2.24, 2.45) is 0 Å². The van der Waals surface area contributed by atoms with Crippen LogP contribution in [0.15, 0.2) is 18.2 Å². The highest BCUT2D eigenvalue weighted by molar-refractivity contribution is 5.36. The molecule has 0 radical (unpaired) electrons. The molecule has 1 fully saturated rings. The minimum absolute atomic E-state index is 0.250. The third-order valence-electron chi connectivity index (χ3n) is 4.26. The van der Waals surface area contributed by atoms with Crippen LogP contribution in [0.4, 0.5) is 0 Å². The van der Waals surface area contributed by atoms with Crippen molar-refractivity contribution in [3.63, 3.8) is 0 Å². The van der Waals surface area contributed by atoms with Gasteiger partial charge in [0.2, 0.25) is 0 Å². The molecule has 0 atom stereocenters. The van der Waals surface area contributed by atoms with Gasteiger partial charge in [-0.25, -0.2) is 0 Å². The van der Waals surface area contributed by atoms with Crippen molar-refractivity contribution in [1.29, 1.82) is 0 Å². The standard InChI is InChI=1S/C16H23NO/c1-16(2,7-8-17-15-5-6-15)14-4-3-12-10-18-11-13(12)9-14/h3-4,9,15,17H,5-8,10-11H2,1-2H3. The van der Waals surface area contributed by atoms with Crippen LogP contribution in [0.2, 0.25) is 0 Å². The second kappa shape index (κ2) is 4.67. The number of rotatable bonds is 5. The van der Waals surface area contributed by atoms with E-state index in [9.17, 15) is 0 Å². The van der Waals surface area contributed by atoms with E-state index in [2.05, 4.69) is 37.4 Å². The van der Waals surface area contributed by atoms with Gasteiger partial charge in [-0.2, -0.15) is 0 Å². The molecule has 0 amide bonds. The van der Waals surface area contributed by atoms with E-state index in [1.165, 1.54) is 36.0 Å². The van der Waals surface area contributed by atoms with Gasteiger partial charge in [-0.3, -0.25) is 0 Å². The summed E-state index contributed by atoms with van der Waals surface area (Å²) in [6.45, 7) is 7.41. The summed E-state index contributed by atoms with van der Waals surface area (Å²) in [4.78, 5) is 0. The van der Waals surface area contributed by atoms with Crippen LogP contribution >= 0.6 is 0 Å². The first-order chi connectivity index (χ1) is 8.65. The van der Waals surface area contributed by atoms with Gasteiger partial charge in [0.15, 0.2) is 0 Å². The maximum atomic E-state index is 5.49. The molecule has 1 N–H and O–H groups in total. The molecule has 1 aliphatic heterocycles. The van der Waals surface area contributed by atoms with E-state index in [4.69, 9.17) is 4.74 Å². The topological polar surface area (TPSA) is 21.3 Å². The molecular formula is C16H23NO. The summed E-state index contributed by atoms with van der Waals surface area (Å²) in [6, 6.07) is 7.69. The lowest BCUT2D eigenvalue weighted by atomic mass is 9.80. The predicted octanol–water partition coefficient (Wildman–Crippen LogP) is 3.14. The zero-order valence-electron chi connectivity index (χ0n) is 11.5. The Bertz CT molecular complexity index is 435. The number of benzene rings is 1. The van der Waals surface area contributed by atoms with Gasteiger partial charge in [-0.1, -0.05) is 32.0 Å². The summed E-state index contributed by atoms with van der Waals surface area (Å²) in [5.74, 6) is 0. The average molecular weight is 245 g/mol. The highest BCUT2D eigenvalue weighted by Crippen LogP contribution is 2.31. The Morgan fingerprint density at radius 3 is 2.78 bits per heavy atom. The molecule has 0 spiro atoms. The molecule has 0 bridgehead atoms. The van der Waals surface area contributed by atoms with Crippen LogP contribution in [-0.2, 0) is 23.4 Å². The van der Waals surface area contributed by atoms with E-state index in [1.54, 1.807) is 0 Å². The molecule has 1 aromatic rings. The van der Waals surface area contributed by atoms with Gasteiger partial charge in [-0.05, 0) is 47.9 Å². The molecule has 2 heteroatoms. The van der Waals surface area contributed by atoms with Crippen molar-refractivity contribution >= 4 is 0 Å². The molecule has 0 aromatic heterocycles. The van der Waals surface area contributed by atoms with E-state index in [0.29, 0.717) is 0 Å². The Morgan fingerprint density at radius 2 is 2.00 bits per heavy atom. The minimum Gasteiger partial charge on any atom is -0.372 e. The highest BCUT2D eigenvalue weighted by atomic mass is 16.5. The van der Waals surface area contributed by atoms with Gasteiger partial charge in [-0.15, -0.1) is 0 Å². The zero-order valence-corrected chi connectivity index (χ0v) is 11.5. The van der Waals surface area contributed by atoms with Crippen molar-refractivity contribution in [2.75, 3.05) is 6.54 Å². The van der Waals surface area contributed by atoms with Gasteiger partial charge >= 0.3 is 0 Å². The van der Waals surface area contributed by atoms with Gasteiger partial charge in [0, 0.05) is 6.04 Å². The van der Waals surface area contributed by atoms with E-state index >= 15 is 0 Å². The molecule has 3 rings (SSSR count). The second-order valence-electron chi connectivity index (χ2n) is 6.34. The monoisotopic (exact) mass is 245 g/mol. The first kappa shape index (κ1) is 12.2. The highest BCUT2D eigenvalue weighted by Gasteiger charge is 2.25. The summed E-state index contributed by atoms with van der Waals surface area (Å²) < 4.78 is 5.49. The smallest absolute Gasteiger partial charge is 0.0725 e. The molecule has 0 unspecified atom stereocenters. The molecule has 1 aliphatic carbocycles. The predicted molar refractivity (Wildman–Crippen MR) is 73.6 cm³/mol. The number of hydrogen-bond donors (Lipinski definition) is 1. The number of fused-ring (bicyclic) bond motifs is 1. The summed E-state index contributed by atoms with van der Waals surface area (Å²) in [6.07, 6.45) is 3.94. The quantitative estimate of drug-likeness (QED) is 0.860.